The third-order valence-corrected chi connectivity index (χ3v) is 6.49. The molecule has 4 heterocycles. The van der Waals surface area contributed by atoms with Gasteiger partial charge in [-0.25, -0.2) is 15.1 Å². The quantitative estimate of drug-likeness (QED) is 0.509. The van der Waals surface area contributed by atoms with E-state index in [2.05, 4.69) is 33.5 Å². The van der Waals surface area contributed by atoms with Crippen molar-refractivity contribution in [1.29, 1.82) is 0 Å². The molecule has 2 aromatic rings. The van der Waals surface area contributed by atoms with Gasteiger partial charge in [0, 0.05) is 55.8 Å². The van der Waals surface area contributed by atoms with E-state index in [0.29, 0.717) is 32.1 Å². The summed E-state index contributed by atoms with van der Waals surface area (Å²) >= 11 is 1.78. The fourth-order valence-electron chi connectivity index (χ4n) is 3.77. The maximum atomic E-state index is 12.5. The summed E-state index contributed by atoms with van der Waals surface area (Å²) in [5.74, 6) is 0.674. The molecule has 0 aromatic carbocycles. The van der Waals surface area contributed by atoms with Gasteiger partial charge in [-0.15, -0.1) is 11.3 Å². The Labute approximate surface area is 192 Å². The van der Waals surface area contributed by atoms with Gasteiger partial charge in [0.05, 0.1) is 13.2 Å². The van der Waals surface area contributed by atoms with E-state index in [0.717, 1.165) is 38.0 Å². The van der Waals surface area contributed by atoms with Crippen LogP contribution in [0.4, 0.5) is 5.82 Å². The highest BCUT2D eigenvalue weighted by atomic mass is 32.1. The van der Waals surface area contributed by atoms with Gasteiger partial charge >= 0.3 is 5.91 Å². The number of amides is 2. The summed E-state index contributed by atoms with van der Waals surface area (Å²) in [6.07, 6.45) is 9.14. The van der Waals surface area contributed by atoms with Crippen molar-refractivity contribution >= 4 is 35.0 Å². The summed E-state index contributed by atoms with van der Waals surface area (Å²) in [6, 6.07) is 7.91. The predicted octanol–water partition coefficient (Wildman–Crippen LogP) is 1.61. The van der Waals surface area contributed by atoms with E-state index >= 15 is 0 Å². The van der Waals surface area contributed by atoms with Crippen molar-refractivity contribution < 1.29 is 19.6 Å². The van der Waals surface area contributed by atoms with E-state index in [1.54, 1.807) is 35.0 Å². The molecule has 2 amide bonds. The number of nitrogens with two attached hydrogens (primary N) is 1. The number of aromatic nitrogens is 1. The number of thiophene rings is 1. The number of carbonyl (C=O) groups is 2. The molecule has 0 aliphatic carbocycles. The van der Waals surface area contributed by atoms with Crippen LogP contribution in [0.15, 0.2) is 53.6 Å². The maximum absolute atomic E-state index is 12.5. The Morgan fingerprint density at radius 2 is 2.06 bits per heavy atom. The van der Waals surface area contributed by atoms with Crippen molar-refractivity contribution in [2.24, 2.45) is 0 Å². The van der Waals surface area contributed by atoms with Gasteiger partial charge in [-0.3, -0.25) is 9.69 Å². The van der Waals surface area contributed by atoms with E-state index in [4.69, 9.17) is 4.74 Å². The number of morpholine rings is 1. The van der Waals surface area contributed by atoms with Crippen LogP contribution in [0.5, 0.6) is 0 Å². The number of rotatable bonds is 7. The van der Waals surface area contributed by atoms with E-state index in [1.165, 1.54) is 10.5 Å². The largest absolute Gasteiger partial charge is 0.379 e. The van der Waals surface area contributed by atoms with Crippen LogP contribution in [0, 0.1) is 0 Å². The van der Waals surface area contributed by atoms with Crippen LogP contribution in [0.3, 0.4) is 0 Å². The summed E-state index contributed by atoms with van der Waals surface area (Å²) in [6.45, 7) is 4.71. The summed E-state index contributed by atoms with van der Waals surface area (Å²) in [7, 11) is 0. The molecule has 0 bridgehead atoms. The highest BCUT2D eigenvalue weighted by Crippen LogP contribution is 2.19. The van der Waals surface area contributed by atoms with Crippen molar-refractivity contribution in [2.45, 2.75) is 12.8 Å². The number of carbonyl (C=O) groups excluding carboxylic acids is 2. The second-order valence-corrected chi connectivity index (χ2v) is 9.03. The number of hydrogen-bond donors (Lipinski definition) is 1. The fraction of sp³-hybridized carbons (Fsp3) is 0.375. The molecular formula is C24H29N4O3S+. The van der Waals surface area contributed by atoms with Crippen LogP contribution < -0.4 is 5.32 Å². The van der Waals surface area contributed by atoms with Gasteiger partial charge < -0.3 is 9.64 Å². The normalized spacial score (nSPS) is 17.5. The molecule has 2 N–H and O–H groups in total. The lowest BCUT2D eigenvalue weighted by Gasteiger charge is -2.25. The number of pyridine rings is 1. The fourth-order valence-corrected chi connectivity index (χ4v) is 4.53. The highest BCUT2D eigenvalue weighted by Gasteiger charge is 2.18. The van der Waals surface area contributed by atoms with Gasteiger partial charge in [0.2, 0.25) is 11.7 Å². The van der Waals surface area contributed by atoms with Crippen LogP contribution >= 0.6 is 11.3 Å². The summed E-state index contributed by atoms with van der Waals surface area (Å²) in [5, 5.41) is 3.67. The highest BCUT2D eigenvalue weighted by molar-refractivity contribution is 7.09. The Balaban J connectivity index is 1.23. The Hall–Kier alpha value is -2.65. The number of ether oxygens (including phenoxy) is 1. The van der Waals surface area contributed by atoms with E-state index in [9.17, 15) is 9.59 Å². The first-order valence-corrected chi connectivity index (χ1v) is 11.8. The SMILES string of the molecule is O=C(CN1CCOCC1)[NH2+]c1ccc(/C=C/C(=O)N2CC=C(Cc3cccs3)CC2)cn1. The van der Waals surface area contributed by atoms with Crippen molar-refractivity contribution in [3.63, 3.8) is 0 Å². The molecule has 4 rings (SSSR count). The zero-order chi connectivity index (χ0) is 22.2. The molecule has 1 fully saturated rings. The second kappa shape index (κ2) is 11.3. The minimum absolute atomic E-state index is 0.00718. The molecule has 0 radical (unpaired) electrons. The number of hydrogen-bond acceptors (Lipinski definition) is 6. The smallest absolute Gasteiger partial charge is 0.330 e. The maximum Gasteiger partial charge on any atom is 0.330 e. The Bertz CT molecular complexity index is 964. The first-order chi connectivity index (χ1) is 15.7. The first kappa shape index (κ1) is 22.5. The monoisotopic (exact) mass is 453 g/mol. The molecule has 32 heavy (non-hydrogen) atoms. The average Bonchev–Trinajstić information content (AvgIpc) is 3.32. The lowest BCUT2D eigenvalue weighted by atomic mass is 10.0. The molecule has 0 unspecified atom stereocenters. The zero-order valence-corrected chi connectivity index (χ0v) is 18.9. The minimum atomic E-state index is 0.00718. The average molecular weight is 454 g/mol. The topological polar surface area (TPSA) is 79.4 Å². The lowest BCUT2D eigenvalue weighted by Crippen LogP contribution is -2.84. The van der Waals surface area contributed by atoms with E-state index in [-0.39, 0.29) is 11.8 Å². The molecule has 7 nitrogen and oxygen atoms in total. The van der Waals surface area contributed by atoms with E-state index < -0.39 is 0 Å². The lowest BCUT2D eigenvalue weighted by molar-refractivity contribution is -0.487. The standard InChI is InChI=1S/C24H28N4O3S/c29-23(18-27-11-13-31-14-12-27)26-22-5-3-20(17-25-22)4-6-24(30)28-9-7-19(8-10-28)16-21-2-1-15-32-21/h1-7,15,17H,8-14,16,18H2,(H,25,26,29)/p+1/b6-4+. The summed E-state index contributed by atoms with van der Waals surface area (Å²) < 4.78 is 5.30. The van der Waals surface area contributed by atoms with Gasteiger partial charge in [0.25, 0.3) is 0 Å². The first-order valence-electron chi connectivity index (χ1n) is 11.0. The molecule has 0 spiro atoms. The molecule has 168 valence electrons. The molecule has 2 aliphatic heterocycles. The van der Waals surface area contributed by atoms with Gasteiger partial charge in [-0.1, -0.05) is 17.7 Å². The van der Waals surface area contributed by atoms with Gasteiger partial charge in [0.15, 0.2) is 0 Å². The van der Waals surface area contributed by atoms with Crippen LogP contribution in [0.25, 0.3) is 6.08 Å². The van der Waals surface area contributed by atoms with Crippen LogP contribution in [0.2, 0.25) is 0 Å². The molecule has 0 atom stereocenters. The zero-order valence-electron chi connectivity index (χ0n) is 18.1. The van der Waals surface area contributed by atoms with Crippen molar-refractivity contribution in [3.05, 3.63) is 64.0 Å². The Morgan fingerprint density at radius 1 is 1.19 bits per heavy atom. The Morgan fingerprint density at radius 3 is 2.75 bits per heavy atom. The van der Waals surface area contributed by atoms with Crippen molar-refractivity contribution in [3.8, 4) is 0 Å². The van der Waals surface area contributed by atoms with Crippen molar-refractivity contribution in [1.82, 2.24) is 14.8 Å². The third-order valence-electron chi connectivity index (χ3n) is 5.62. The summed E-state index contributed by atoms with van der Waals surface area (Å²) in [5.41, 5.74) is 2.24. The van der Waals surface area contributed by atoms with Gasteiger partial charge in [-0.05, 0) is 35.6 Å². The van der Waals surface area contributed by atoms with Gasteiger partial charge in [0.1, 0.15) is 6.54 Å². The number of nitrogens with zero attached hydrogens (tertiary/aromatic N) is 3. The number of quaternary nitrogens is 1. The summed E-state index contributed by atoms with van der Waals surface area (Å²) in [4.78, 5) is 34.4. The molecule has 8 heteroatoms. The Kier molecular flexibility index (Phi) is 7.95. The van der Waals surface area contributed by atoms with Crippen LogP contribution in [-0.2, 0) is 20.7 Å². The van der Waals surface area contributed by atoms with Crippen molar-refractivity contribution in [2.75, 3.05) is 45.9 Å². The molecule has 2 aromatic heterocycles. The molecule has 0 saturated carbocycles. The predicted molar refractivity (Wildman–Crippen MR) is 124 cm³/mol. The number of primary amides is 1. The van der Waals surface area contributed by atoms with Gasteiger partial charge in [-0.2, -0.15) is 0 Å². The molecule has 2 aliphatic rings. The second-order valence-electron chi connectivity index (χ2n) is 8.00. The molecular weight excluding hydrogens is 424 g/mol. The minimum Gasteiger partial charge on any atom is -0.379 e. The van der Waals surface area contributed by atoms with E-state index in [1.807, 2.05) is 17.0 Å². The molecule has 1 saturated heterocycles. The van der Waals surface area contributed by atoms with Crippen LogP contribution in [0.1, 0.15) is 16.9 Å². The van der Waals surface area contributed by atoms with Crippen LogP contribution in [-0.4, -0.2) is 72.5 Å². The third kappa shape index (κ3) is 6.67.